The van der Waals surface area contributed by atoms with Gasteiger partial charge in [0.1, 0.15) is 23.8 Å². The Labute approximate surface area is 203 Å². The van der Waals surface area contributed by atoms with Gasteiger partial charge in [-0.3, -0.25) is 14.6 Å². The maximum atomic E-state index is 12.9. The third kappa shape index (κ3) is 4.20. The second-order valence-electron chi connectivity index (χ2n) is 7.37. The van der Waals surface area contributed by atoms with E-state index in [9.17, 15) is 9.59 Å². The average molecular weight is 495 g/mol. The van der Waals surface area contributed by atoms with Gasteiger partial charge in [-0.2, -0.15) is 0 Å². The minimum absolute atomic E-state index is 0.0364. The molecule has 0 saturated heterocycles. The molecule has 5 rings (SSSR count). The molecule has 170 valence electrons. The monoisotopic (exact) mass is 494 g/mol. The third-order valence-electron chi connectivity index (χ3n) is 5.16. The van der Waals surface area contributed by atoms with Crippen molar-refractivity contribution in [3.63, 3.8) is 0 Å². The number of aliphatic imine (C=N–C) groups is 1. The van der Waals surface area contributed by atoms with Crippen molar-refractivity contribution in [1.29, 1.82) is 0 Å². The molecule has 1 atom stereocenters. The predicted molar refractivity (Wildman–Crippen MR) is 129 cm³/mol. The lowest BCUT2D eigenvalue weighted by atomic mass is 10.1. The van der Waals surface area contributed by atoms with E-state index in [1.807, 2.05) is 12.1 Å². The van der Waals surface area contributed by atoms with Crippen LogP contribution in [0, 0.1) is 5.92 Å². The number of benzene rings is 2. The van der Waals surface area contributed by atoms with Crippen molar-refractivity contribution >= 4 is 69.3 Å². The van der Waals surface area contributed by atoms with Gasteiger partial charge >= 0.3 is 0 Å². The van der Waals surface area contributed by atoms with E-state index in [4.69, 9.17) is 23.2 Å². The van der Waals surface area contributed by atoms with E-state index < -0.39 is 11.8 Å². The Kier molecular flexibility index (Phi) is 5.91. The Morgan fingerprint density at radius 1 is 1.12 bits per heavy atom. The number of fused-ring (bicyclic) bond motifs is 2. The molecule has 0 spiro atoms. The highest BCUT2D eigenvalue weighted by Gasteiger charge is 2.37. The molecule has 0 aliphatic carbocycles. The Morgan fingerprint density at radius 3 is 2.82 bits per heavy atom. The molecule has 2 aliphatic rings. The normalized spacial score (nSPS) is 16.8. The molecule has 34 heavy (non-hydrogen) atoms. The quantitative estimate of drug-likeness (QED) is 0.493. The van der Waals surface area contributed by atoms with Crippen molar-refractivity contribution in [1.82, 2.24) is 15.0 Å². The van der Waals surface area contributed by atoms with E-state index in [1.54, 1.807) is 30.3 Å². The number of nitrogens with one attached hydrogen (secondary N) is 2. The lowest BCUT2D eigenvalue weighted by molar-refractivity contribution is -0.133. The van der Waals surface area contributed by atoms with E-state index in [0.717, 1.165) is 5.69 Å². The number of nitrogens with zero attached hydrogens (tertiary/aromatic N) is 6. The Morgan fingerprint density at radius 2 is 2.00 bits per heavy atom. The van der Waals surface area contributed by atoms with E-state index >= 15 is 0 Å². The summed E-state index contributed by atoms with van der Waals surface area (Å²) < 4.78 is 0. The Balaban J connectivity index is 1.41. The molecule has 0 bridgehead atoms. The molecule has 0 fully saturated rings. The fraction of sp³-hybridized carbons (Fsp3) is 0.136. The first-order valence-electron chi connectivity index (χ1n) is 10.2. The van der Waals surface area contributed by atoms with Crippen LogP contribution in [0.1, 0.15) is 0 Å². The fourth-order valence-corrected chi connectivity index (χ4v) is 3.92. The highest BCUT2D eigenvalue weighted by molar-refractivity contribution is 6.30. The van der Waals surface area contributed by atoms with Gasteiger partial charge in [-0.15, -0.1) is 16.7 Å². The molecule has 2 aromatic carbocycles. The van der Waals surface area contributed by atoms with Gasteiger partial charge in [-0.05, 0) is 36.4 Å². The van der Waals surface area contributed by atoms with Gasteiger partial charge in [-0.25, -0.2) is 15.0 Å². The minimum atomic E-state index is -0.750. The van der Waals surface area contributed by atoms with Gasteiger partial charge in [0, 0.05) is 33.9 Å². The molecule has 3 heterocycles. The number of carbonyl (C=O) groups excluding carboxylic acids is 2. The van der Waals surface area contributed by atoms with Crippen molar-refractivity contribution in [2.45, 2.75) is 0 Å². The van der Waals surface area contributed by atoms with Gasteiger partial charge in [0.2, 0.25) is 0 Å². The molecule has 1 unspecified atom stereocenters. The van der Waals surface area contributed by atoms with Gasteiger partial charge in [0.25, 0.3) is 11.8 Å². The van der Waals surface area contributed by atoms with Crippen LogP contribution in [0.4, 0.5) is 17.2 Å². The number of carbonyl (C=O) groups is 2. The molecular weight excluding hydrogens is 479 g/mol. The topological polar surface area (TPSA) is 124 Å². The summed E-state index contributed by atoms with van der Waals surface area (Å²) in [5.41, 5.74) is 2.19. The zero-order chi connectivity index (χ0) is 23.7. The predicted octanol–water partition coefficient (Wildman–Crippen LogP) is 4.33. The second-order valence-corrected chi connectivity index (χ2v) is 8.19. The molecule has 0 radical (unpaired) electrons. The van der Waals surface area contributed by atoms with Crippen LogP contribution < -0.4 is 10.6 Å². The second kappa shape index (κ2) is 9.16. The fourth-order valence-electron chi connectivity index (χ4n) is 3.57. The number of aromatic nitrogens is 2. The third-order valence-corrected chi connectivity index (χ3v) is 5.57. The van der Waals surface area contributed by atoms with Crippen LogP contribution in [0.5, 0.6) is 0 Å². The number of amides is 2. The Bertz CT molecular complexity index is 1400. The van der Waals surface area contributed by atoms with Crippen molar-refractivity contribution < 1.29 is 9.59 Å². The van der Waals surface area contributed by atoms with Gasteiger partial charge in [-0.1, -0.05) is 22.9 Å². The van der Waals surface area contributed by atoms with Crippen LogP contribution in [-0.2, 0) is 9.59 Å². The van der Waals surface area contributed by atoms with Crippen LogP contribution >= 0.6 is 23.2 Å². The maximum Gasteiger partial charge on any atom is 0.276 e. The zero-order valence-corrected chi connectivity index (χ0v) is 19.0. The van der Waals surface area contributed by atoms with Crippen molar-refractivity contribution in [2.75, 3.05) is 23.1 Å². The maximum absolute atomic E-state index is 12.9. The van der Waals surface area contributed by atoms with Gasteiger partial charge < -0.3 is 10.6 Å². The van der Waals surface area contributed by atoms with E-state index in [2.05, 4.69) is 35.9 Å². The number of anilines is 3. The average Bonchev–Trinajstić information content (AvgIpc) is 3.27. The summed E-state index contributed by atoms with van der Waals surface area (Å²) in [7, 11) is 0. The molecule has 1 aromatic heterocycles. The summed E-state index contributed by atoms with van der Waals surface area (Å²) in [6.07, 6.45) is 2.85. The van der Waals surface area contributed by atoms with Gasteiger partial charge in [0.05, 0.1) is 12.1 Å². The van der Waals surface area contributed by atoms with E-state index in [0.29, 0.717) is 27.4 Å². The highest BCUT2D eigenvalue weighted by Crippen LogP contribution is 2.31. The molecule has 10 nitrogen and oxygen atoms in total. The number of hydrogen-bond acceptors (Lipinski definition) is 8. The summed E-state index contributed by atoms with van der Waals surface area (Å²) in [4.78, 5) is 38.2. The van der Waals surface area contributed by atoms with Crippen molar-refractivity contribution in [2.24, 2.45) is 21.2 Å². The van der Waals surface area contributed by atoms with Crippen molar-refractivity contribution in [3.05, 3.63) is 65.2 Å². The van der Waals surface area contributed by atoms with Crippen LogP contribution in [0.3, 0.4) is 0 Å². The summed E-state index contributed by atoms with van der Waals surface area (Å²) >= 11 is 11.8. The summed E-state index contributed by atoms with van der Waals surface area (Å²) in [6.45, 7) is 0.230. The SMILES string of the molecule is O=C(Nc1ccc2ncnc(Nc3cccc(Cl)c3)c2c1)C1=C2N=NN(CCCl)C(=O)C2C=N1. The largest absolute Gasteiger partial charge is 0.340 e. The van der Waals surface area contributed by atoms with Crippen LogP contribution in [0.25, 0.3) is 10.9 Å². The molecule has 3 aromatic rings. The van der Waals surface area contributed by atoms with Crippen LogP contribution in [0.2, 0.25) is 5.02 Å². The lowest BCUT2D eigenvalue weighted by Crippen LogP contribution is -2.36. The summed E-state index contributed by atoms with van der Waals surface area (Å²) in [5.74, 6) is -0.806. The summed E-state index contributed by atoms with van der Waals surface area (Å²) in [5, 5.41) is 16.4. The first kappa shape index (κ1) is 21.9. The molecule has 2 N–H and O–H groups in total. The molecular formula is C22H16Cl2N8O2. The minimum Gasteiger partial charge on any atom is -0.340 e. The number of alkyl halides is 1. The van der Waals surface area contributed by atoms with E-state index in [1.165, 1.54) is 17.6 Å². The summed E-state index contributed by atoms with van der Waals surface area (Å²) in [6, 6.07) is 12.5. The number of halogens is 2. The molecule has 2 amide bonds. The smallest absolute Gasteiger partial charge is 0.276 e. The van der Waals surface area contributed by atoms with Crippen LogP contribution in [0.15, 0.2) is 75.5 Å². The zero-order valence-electron chi connectivity index (χ0n) is 17.4. The highest BCUT2D eigenvalue weighted by atomic mass is 35.5. The molecule has 2 aliphatic heterocycles. The van der Waals surface area contributed by atoms with E-state index in [-0.39, 0.29) is 29.7 Å². The van der Waals surface area contributed by atoms with Gasteiger partial charge in [0.15, 0.2) is 5.70 Å². The lowest BCUT2D eigenvalue weighted by Gasteiger charge is -2.21. The first-order valence-corrected chi connectivity index (χ1v) is 11.1. The van der Waals surface area contributed by atoms with Crippen LogP contribution in [-0.4, -0.2) is 45.4 Å². The molecule has 0 saturated carbocycles. The standard InChI is InChI=1S/C22H16Cl2N8O2/c23-6-7-32-22(34)16-10-25-19(18(16)30-31-32)21(33)29-14-4-5-17-15(9-14)20(27-11-26-17)28-13-3-1-2-12(24)8-13/h1-5,8-11,16H,6-7H2,(H,29,33)(H,26,27,28). The number of hydrogen-bond donors (Lipinski definition) is 2. The van der Waals surface area contributed by atoms with Crippen molar-refractivity contribution in [3.8, 4) is 0 Å². The molecule has 12 heteroatoms. The Hall–Kier alpha value is -3.89. The number of rotatable bonds is 6. The first-order chi connectivity index (χ1) is 16.5.